The number of fused-ring (bicyclic) bond motifs is 1. The van der Waals surface area contributed by atoms with E-state index in [0.29, 0.717) is 22.7 Å². The maximum absolute atomic E-state index is 12.2. The number of H-pyrrole nitrogens is 1. The van der Waals surface area contributed by atoms with Crippen molar-refractivity contribution in [3.05, 3.63) is 81.0 Å². The molecule has 0 saturated heterocycles. The van der Waals surface area contributed by atoms with E-state index in [0.717, 1.165) is 104 Å². The number of aryl methyl sites for hydroxylation is 4. The summed E-state index contributed by atoms with van der Waals surface area (Å²) >= 11 is 0. The summed E-state index contributed by atoms with van der Waals surface area (Å²) in [5.74, 6) is 1.74. The number of nitrogens with zero attached hydrogens (tertiary/aromatic N) is 6. The van der Waals surface area contributed by atoms with Gasteiger partial charge in [0.05, 0.1) is 55.4 Å². The van der Waals surface area contributed by atoms with E-state index >= 15 is 0 Å². The summed E-state index contributed by atoms with van der Waals surface area (Å²) in [7, 11) is 6.63. The zero-order valence-corrected chi connectivity index (χ0v) is 53.5. The van der Waals surface area contributed by atoms with Gasteiger partial charge >= 0.3 is 65.7 Å². The Balaban J connectivity index is 0.000000201. The molecule has 4 aromatic rings. The van der Waals surface area contributed by atoms with Crippen LogP contribution in [0.3, 0.4) is 0 Å². The summed E-state index contributed by atoms with van der Waals surface area (Å²) in [6.45, 7) is 19.4. The molecule has 0 atom stereocenters. The van der Waals surface area contributed by atoms with E-state index in [1.807, 2.05) is 97.6 Å². The first-order valence-corrected chi connectivity index (χ1v) is 28.2. The number of alkyl carbamates (subject to hydrolysis) is 2. The number of methoxy groups -OCH3 is 3. The van der Waals surface area contributed by atoms with Gasteiger partial charge in [-0.1, -0.05) is 6.92 Å². The quantitative estimate of drug-likeness (QED) is 0.0588. The Morgan fingerprint density at radius 1 is 0.675 bits per heavy atom. The van der Waals surface area contributed by atoms with Gasteiger partial charge in [-0.25, -0.2) is 44.7 Å². The van der Waals surface area contributed by atoms with Crippen molar-refractivity contribution < 1.29 is 82.3 Å². The van der Waals surface area contributed by atoms with Crippen molar-refractivity contribution in [2.45, 2.75) is 175 Å². The molecule has 83 heavy (non-hydrogen) atoms. The fraction of sp³-hybridized carbons (Fsp3) is 0.644. The molecule has 450 valence electrons. The molecule has 6 aliphatic rings. The van der Waals surface area contributed by atoms with Crippen LogP contribution in [-0.2, 0) is 30.7 Å². The molecule has 0 aliphatic heterocycles. The minimum absolute atomic E-state index is 0. The maximum Gasteiger partial charge on any atom is 1.00 e. The molecule has 24 heteroatoms. The minimum atomic E-state index is -0.685. The third kappa shape index (κ3) is 15.6. The van der Waals surface area contributed by atoms with E-state index < -0.39 is 35.6 Å². The van der Waals surface area contributed by atoms with Crippen LogP contribution in [0, 0.1) is 54.8 Å². The average Bonchev–Trinajstić information content (AvgIpc) is 2.18. The number of nitrogens with one attached hydrogen (secondary N) is 5. The molecule has 5 N–H and O–H groups in total. The van der Waals surface area contributed by atoms with Gasteiger partial charge in [0.25, 0.3) is 0 Å². The third-order valence-electron chi connectivity index (χ3n) is 16.8. The molecule has 0 unspecified atom stereocenters. The smallest absolute Gasteiger partial charge is 0.857 e. The molecule has 0 radical (unpaired) electrons. The summed E-state index contributed by atoms with van der Waals surface area (Å²) < 4.78 is 30.0. The summed E-state index contributed by atoms with van der Waals surface area (Å²) in [5, 5.41) is 29.8. The summed E-state index contributed by atoms with van der Waals surface area (Å²) in [5.41, 5.74) is 13.0. The largest absolute Gasteiger partial charge is 1.00 e. The van der Waals surface area contributed by atoms with Crippen LogP contribution in [0.25, 0.3) is 5.52 Å². The van der Waals surface area contributed by atoms with Crippen molar-refractivity contribution in [1.29, 1.82) is 0 Å². The number of amides is 4. The summed E-state index contributed by atoms with van der Waals surface area (Å²) in [6, 6.07) is 6.13. The molecule has 6 fully saturated rings. The van der Waals surface area contributed by atoms with E-state index in [-0.39, 0.29) is 76.1 Å². The number of carbonyl (C=O) groups is 5. The Hall–Kier alpha value is -6.17. The monoisotopic (exact) mass is 1160 g/mol. The van der Waals surface area contributed by atoms with Gasteiger partial charge in [-0.2, -0.15) is 22.4 Å². The maximum atomic E-state index is 12.2. The molecule has 10 rings (SSSR count). The zero-order valence-electron chi connectivity index (χ0n) is 51.5. The van der Waals surface area contributed by atoms with Crippen LogP contribution in [-0.4, -0.2) is 117 Å². The van der Waals surface area contributed by atoms with Crippen LogP contribution in [0.15, 0.2) is 51.8 Å². The Morgan fingerprint density at radius 2 is 1.14 bits per heavy atom. The zero-order chi connectivity index (χ0) is 60.3. The van der Waals surface area contributed by atoms with Gasteiger partial charge < -0.3 is 44.0 Å². The van der Waals surface area contributed by atoms with E-state index in [9.17, 15) is 28.8 Å². The standard InChI is InChI=1S/C22H32N4O6.C21H32N4O4.C15H19N3O.CH3O.Na/c1-13-7-16(26(12-13)20(29)31-6)17(24-25-19(28)30-5)14-8-22(9-14)10-15(11-22)23-18(27)32-21(2,3)4;1-13-7-8-25(5)17(13)16(23-24-19(27)28-6)14-9-21(10-14)11-15(12-21)22-18(26)29-20(2,3)4;1-9-5-15(6-9)7-11(8-15)12-13-10(2)3-4-18(13)14(19)17-16-12;1-2;/h7,12,14-15H,8-11H2,1-6H3,(H,23,27)(H,25,28);7-8,14-15H,9-12H2,1-6H3,(H,22,26)(H,24,27);3-4,9,11H,5-8H2,1-2H3,(H,17,19);1H3;/q;;;-1;+1/b24-17+;23-16+;;;. The van der Waals surface area contributed by atoms with Crippen LogP contribution in [0.4, 0.5) is 24.0 Å². The Morgan fingerprint density at radius 3 is 1.59 bits per heavy atom. The molecule has 6 aliphatic carbocycles. The normalized spacial score (nSPS) is 26.5. The third-order valence-corrected chi connectivity index (χ3v) is 16.8. The SMILES string of the molecule is COC(=O)N/N=C(/c1c(C)ccn1C)C1CC2(CC(NC(=O)OC(C)(C)C)C2)C1.COC(=O)N/N=C(/c1cc(C)cn1C(=O)OC)C1CC2(CC(NC(=O)OC(C)(C)C)C2)C1.C[O-].Cc1ccn2c(=O)[nH]nc(C3CC4(CC(C)C4)C3)c12.[Na+]. The summed E-state index contributed by atoms with van der Waals surface area (Å²) in [4.78, 5) is 71.1. The molecule has 0 bridgehead atoms. The number of hydrazone groups is 2. The van der Waals surface area contributed by atoms with Crippen molar-refractivity contribution >= 4 is 47.4 Å². The molecular formula is C59H86N11NaO12. The van der Waals surface area contributed by atoms with Crippen molar-refractivity contribution in [2.75, 3.05) is 28.4 Å². The molecule has 3 spiro atoms. The number of rotatable bonds is 9. The topological polar surface area (TPSA) is 287 Å². The molecule has 4 heterocycles. The number of ether oxygens (including phenoxy) is 5. The molecule has 4 aromatic heterocycles. The second-order valence-corrected chi connectivity index (χ2v) is 25.9. The van der Waals surface area contributed by atoms with Gasteiger partial charge in [-0.05, 0) is 196 Å². The van der Waals surface area contributed by atoms with Gasteiger partial charge in [0.15, 0.2) is 0 Å². The fourth-order valence-electron chi connectivity index (χ4n) is 13.7. The van der Waals surface area contributed by atoms with Gasteiger partial charge in [-0.15, -0.1) is 0 Å². The van der Waals surface area contributed by atoms with Crippen LogP contribution < -0.4 is 61.8 Å². The molecule has 23 nitrogen and oxygen atoms in total. The predicted octanol–water partition coefficient (Wildman–Crippen LogP) is 5.64. The first kappa shape index (κ1) is 66.0. The van der Waals surface area contributed by atoms with Crippen molar-refractivity contribution in [3.8, 4) is 0 Å². The van der Waals surface area contributed by atoms with Gasteiger partial charge in [0, 0.05) is 55.5 Å². The first-order valence-electron chi connectivity index (χ1n) is 28.2. The molecule has 4 amide bonds. The first-order chi connectivity index (χ1) is 38.5. The number of hydrogen-bond donors (Lipinski definition) is 5. The predicted molar refractivity (Wildman–Crippen MR) is 306 cm³/mol. The number of aromatic amines is 1. The number of carbonyl (C=O) groups excluding carboxylic acids is 5. The van der Waals surface area contributed by atoms with Crippen LogP contribution in [0.5, 0.6) is 0 Å². The molecule has 6 saturated carbocycles. The van der Waals surface area contributed by atoms with E-state index in [1.54, 1.807) is 10.6 Å². The summed E-state index contributed by atoms with van der Waals surface area (Å²) in [6.07, 6.45) is 15.5. The second-order valence-electron chi connectivity index (χ2n) is 25.9. The van der Waals surface area contributed by atoms with Gasteiger partial charge in [-0.3, -0.25) is 8.97 Å². The van der Waals surface area contributed by atoms with Crippen LogP contribution in [0.2, 0.25) is 0 Å². The molecule has 0 aromatic carbocycles. The van der Waals surface area contributed by atoms with Crippen LogP contribution in [0.1, 0.15) is 165 Å². The van der Waals surface area contributed by atoms with E-state index in [4.69, 9.17) is 19.3 Å². The van der Waals surface area contributed by atoms with Crippen molar-refractivity contribution in [1.82, 2.24) is 45.2 Å². The average molecular weight is 1160 g/mol. The van der Waals surface area contributed by atoms with E-state index in [2.05, 4.69) is 65.2 Å². The minimum Gasteiger partial charge on any atom is -0.857 e. The van der Waals surface area contributed by atoms with Gasteiger partial charge in [0.2, 0.25) is 0 Å². The van der Waals surface area contributed by atoms with Crippen molar-refractivity contribution in [3.63, 3.8) is 0 Å². The fourth-order valence-corrected chi connectivity index (χ4v) is 13.7. The number of hydrogen-bond acceptors (Lipinski definition) is 15. The Bertz CT molecular complexity index is 3060. The Kier molecular flexibility index (Phi) is 21.0. The molecular weight excluding hydrogens is 1080 g/mol. The van der Waals surface area contributed by atoms with Gasteiger partial charge in [0.1, 0.15) is 11.2 Å². The Labute approximate surface area is 508 Å². The van der Waals surface area contributed by atoms with E-state index in [1.165, 1.54) is 51.6 Å². The second kappa shape index (κ2) is 26.4. The van der Waals surface area contributed by atoms with Crippen LogP contribution >= 0.6 is 0 Å². The van der Waals surface area contributed by atoms with Crippen molar-refractivity contribution in [2.24, 2.45) is 51.2 Å². The number of aromatic nitrogens is 5.